The van der Waals surface area contributed by atoms with E-state index in [4.69, 9.17) is 11.6 Å². The summed E-state index contributed by atoms with van der Waals surface area (Å²) in [5, 5.41) is 5.57. The van der Waals surface area contributed by atoms with E-state index in [1.165, 1.54) is 37.0 Å². The Morgan fingerprint density at radius 2 is 2.10 bits per heavy atom. The van der Waals surface area contributed by atoms with Crippen LogP contribution in [0.1, 0.15) is 37.1 Å². The van der Waals surface area contributed by atoms with Crippen molar-refractivity contribution in [2.24, 2.45) is 0 Å². The molecule has 2 aromatic rings. The lowest BCUT2D eigenvalue weighted by Gasteiger charge is -2.22. The number of rotatable bonds is 4. The maximum absolute atomic E-state index is 6.04. The molecular weight excluding hydrogens is 288 g/mol. The molecule has 1 aliphatic rings. The number of hydrogen-bond donors (Lipinski definition) is 1. The highest BCUT2D eigenvalue weighted by Gasteiger charge is 2.13. The Kier molecular flexibility index (Phi) is 4.71. The summed E-state index contributed by atoms with van der Waals surface area (Å²) in [6.45, 7) is 0.885. The lowest BCUT2D eigenvalue weighted by Crippen LogP contribution is -2.30. The third-order valence-corrected chi connectivity index (χ3v) is 5.09. The summed E-state index contributed by atoms with van der Waals surface area (Å²) in [5.41, 5.74) is 1.15. The van der Waals surface area contributed by atoms with E-state index in [9.17, 15) is 0 Å². The molecule has 0 aliphatic heterocycles. The fourth-order valence-corrected chi connectivity index (χ4v) is 3.76. The third-order valence-electron chi connectivity index (χ3n) is 3.81. The van der Waals surface area contributed by atoms with Crippen LogP contribution in [0, 0.1) is 0 Å². The molecule has 0 spiro atoms. The summed E-state index contributed by atoms with van der Waals surface area (Å²) < 4.78 is 0. The molecule has 0 amide bonds. The highest BCUT2D eigenvalue weighted by molar-refractivity contribution is 7.15. The average Bonchev–Trinajstić information content (AvgIpc) is 2.95. The first kappa shape index (κ1) is 14.1. The number of thiazole rings is 1. The Morgan fingerprint density at radius 3 is 2.90 bits per heavy atom. The zero-order valence-corrected chi connectivity index (χ0v) is 13.0. The second-order valence-electron chi connectivity index (χ2n) is 5.34. The minimum Gasteiger partial charge on any atom is -0.308 e. The number of benzene rings is 1. The van der Waals surface area contributed by atoms with E-state index in [2.05, 4.69) is 16.4 Å². The van der Waals surface area contributed by atoms with Gasteiger partial charge in [0.15, 0.2) is 0 Å². The van der Waals surface area contributed by atoms with Gasteiger partial charge in [0.05, 0.1) is 4.88 Å². The van der Waals surface area contributed by atoms with Crippen LogP contribution >= 0.6 is 22.9 Å². The van der Waals surface area contributed by atoms with Crippen LogP contribution in [0.5, 0.6) is 0 Å². The molecule has 1 heterocycles. The van der Waals surface area contributed by atoms with Crippen LogP contribution in [-0.2, 0) is 6.54 Å². The SMILES string of the molecule is Clc1cccc(-c2cnc(CNC3CCCCC3)s2)c1. The highest BCUT2D eigenvalue weighted by atomic mass is 35.5. The van der Waals surface area contributed by atoms with Crippen molar-refractivity contribution in [2.75, 3.05) is 0 Å². The van der Waals surface area contributed by atoms with E-state index in [-0.39, 0.29) is 0 Å². The number of nitrogens with one attached hydrogen (secondary N) is 1. The van der Waals surface area contributed by atoms with Gasteiger partial charge in [-0.2, -0.15) is 0 Å². The predicted octanol–water partition coefficient (Wildman–Crippen LogP) is 4.89. The third kappa shape index (κ3) is 3.60. The topological polar surface area (TPSA) is 24.9 Å². The summed E-state index contributed by atoms with van der Waals surface area (Å²) >= 11 is 7.79. The zero-order chi connectivity index (χ0) is 13.8. The molecule has 3 rings (SSSR count). The standard InChI is InChI=1S/C16H19ClN2S/c17-13-6-4-5-12(9-13)15-10-19-16(20-15)11-18-14-7-2-1-3-8-14/h4-6,9-10,14,18H,1-3,7-8,11H2. The Balaban J connectivity index is 1.61. The van der Waals surface area contributed by atoms with Crippen molar-refractivity contribution in [3.8, 4) is 10.4 Å². The fraction of sp³-hybridized carbons (Fsp3) is 0.438. The first-order valence-corrected chi connectivity index (χ1v) is 8.45. The summed E-state index contributed by atoms with van der Waals surface area (Å²) in [4.78, 5) is 5.71. The monoisotopic (exact) mass is 306 g/mol. The molecule has 0 saturated heterocycles. The van der Waals surface area contributed by atoms with Crippen molar-refractivity contribution >= 4 is 22.9 Å². The Labute approximate surface area is 129 Å². The number of nitrogens with zero attached hydrogens (tertiary/aromatic N) is 1. The van der Waals surface area contributed by atoms with Crippen molar-refractivity contribution < 1.29 is 0 Å². The molecule has 20 heavy (non-hydrogen) atoms. The van der Waals surface area contributed by atoms with E-state index < -0.39 is 0 Å². The van der Waals surface area contributed by atoms with Gasteiger partial charge in [0, 0.05) is 23.8 Å². The van der Waals surface area contributed by atoms with Gasteiger partial charge in [0.25, 0.3) is 0 Å². The van der Waals surface area contributed by atoms with Gasteiger partial charge in [0.2, 0.25) is 0 Å². The van der Waals surface area contributed by atoms with E-state index in [1.54, 1.807) is 11.3 Å². The summed E-state index contributed by atoms with van der Waals surface area (Å²) in [6.07, 6.45) is 8.70. The summed E-state index contributed by atoms with van der Waals surface area (Å²) in [7, 11) is 0. The molecule has 1 N–H and O–H groups in total. The van der Waals surface area contributed by atoms with Gasteiger partial charge in [-0.3, -0.25) is 0 Å². The van der Waals surface area contributed by atoms with Crippen molar-refractivity contribution in [2.45, 2.75) is 44.7 Å². The van der Waals surface area contributed by atoms with E-state index in [0.717, 1.165) is 22.1 Å². The Morgan fingerprint density at radius 1 is 1.25 bits per heavy atom. The van der Waals surface area contributed by atoms with Crippen molar-refractivity contribution in [3.63, 3.8) is 0 Å². The Hall–Kier alpha value is -0.900. The fourth-order valence-electron chi connectivity index (χ4n) is 2.71. The van der Waals surface area contributed by atoms with Crippen LogP contribution in [0.2, 0.25) is 5.02 Å². The summed E-state index contributed by atoms with van der Waals surface area (Å²) in [6, 6.07) is 8.64. The van der Waals surface area contributed by atoms with Gasteiger partial charge >= 0.3 is 0 Å². The molecular formula is C16H19ClN2S. The van der Waals surface area contributed by atoms with E-state index >= 15 is 0 Å². The van der Waals surface area contributed by atoms with Gasteiger partial charge in [0.1, 0.15) is 5.01 Å². The average molecular weight is 307 g/mol. The van der Waals surface area contributed by atoms with Crippen LogP contribution in [0.25, 0.3) is 10.4 Å². The van der Waals surface area contributed by atoms with Crippen LogP contribution in [-0.4, -0.2) is 11.0 Å². The molecule has 0 unspecified atom stereocenters. The van der Waals surface area contributed by atoms with Gasteiger partial charge in [-0.25, -0.2) is 4.98 Å². The van der Waals surface area contributed by atoms with E-state index in [1.807, 2.05) is 24.4 Å². The first-order chi connectivity index (χ1) is 9.81. The minimum absolute atomic E-state index is 0.683. The molecule has 1 aromatic carbocycles. The van der Waals surface area contributed by atoms with E-state index in [0.29, 0.717) is 6.04 Å². The summed E-state index contributed by atoms with van der Waals surface area (Å²) in [5.74, 6) is 0. The molecule has 0 radical (unpaired) electrons. The maximum atomic E-state index is 6.04. The maximum Gasteiger partial charge on any atom is 0.107 e. The van der Waals surface area contributed by atoms with Gasteiger partial charge in [-0.15, -0.1) is 11.3 Å². The molecule has 106 valence electrons. The van der Waals surface area contributed by atoms with Crippen molar-refractivity contribution in [3.05, 3.63) is 40.5 Å². The first-order valence-electron chi connectivity index (χ1n) is 7.25. The predicted molar refractivity (Wildman–Crippen MR) is 86.3 cm³/mol. The smallest absolute Gasteiger partial charge is 0.107 e. The van der Waals surface area contributed by atoms with Crippen LogP contribution in [0.4, 0.5) is 0 Å². The molecule has 1 aliphatic carbocycles. The molecule has 0 atom stereocenters. The minimum atomic E-state index is 0.683. The van der Waals surface area contributed by atoms with Crippen LogP contribution in [0.3, 0.4) is 0 Å². The second-order valence-corrected chi connectivity index (χ2v) is 6.90. The van der Waals surface area contributed by atoms with Crippen LogP contribution in [0.15, 0.2) is 30.5 Å². The largest absolute Gasteiger partial charge is 0.308 e. The van der Waals surface area contributed by atoms with Gasteiger partial charge in [-0.05, 0) is 30.5 Å². The molecule has 0 bridgehead atoms. The quantitative estimate of drug-likeness (QED) is 0.870. The second kappa shape index (κ2) is 6.70. The van der Waals surface area contributed by atoms with Gasteiger partial charge < -0.3 is 5.32 Å². The lowest BCUT2D eigenvalue weighted by molar-refractivity contribution is 0.372. The normalized spacial score (nSPS) is 16.4. The Bertz CT molecular complexity index is 561. The molecule has 1 saturated carbocycles. The van der Waals surface area contributed by atoms with Crippen molar-refractivity contribution in [1.29, 1.82) is 0 Å². The number of aromatic nitrogens is 1. The van der Waals surface area contributed by atoms with Crippen LogP contribution < -0.4 is 5.32 Å². The highest BCUT2D eigenvalue weighted by Crippen LogP contribution is 2.28. The number of halogens is 1. The van der Waals surface area contributed by atoms with Crippen molar-refractivity contribution in [1.82, 2.24) is 10.3 Å². The lowest BCUT2D eigenvalue weighted by atomic mass is 9.96. The molecule has 4 heteroatoms. The molecule has 1 fully saturated rings. The molecule has 2 nitrogen and oxygen atoms in total. The molecule has 1 aromatic heterocycles. The number of hydrogen-bond acceptors (Lipinski definition) is 3. The van der Waals surface area contributed by atoms with Gasteiger partial charge in [-0.1, -0.05) is 43.0 Å². The zero-order valence-electron chi connectivity index (χ0n) is 11.4.